The van der Waals surface area contributed by atoms with E-state index in [2.05, 4.69) is 42.5 Å². The first-order chi connectivity index (χ1) is 8.72. The summed E-state index contributed by atoms with van der Waals surface area (Å²) in [6, 6.07) is 12.0. The van der Waals surface area contributed by atoms with Crippen LogP contribution >= 0.6 is 0 Å². The van der Waals surface area contributed by atoms with Gasteiger partial charge in [-0.1, -0.05) is 35.5 Å². The Labute approximate surface area is 108 Å². The first-order valence-corrected chi connectivity index (χ1v) is 6.81. The third-order valence-corrected chi connectivity index (χ3v) is 4.95. The summed E-state index contributed by atoms with van der Waals surface area (Å²) in [6.07, 6.45) is 4.48. The van der Waals surface area contributed by atoms with Crippen molar-refractivity contribution >= 4 is 5.71 Å². The molecule has 0 spiro atoms. The van der Waals surface area contributed by atoms with Crippen LogP contribution in [0.5, 0.6) is 0 Å². The summed E-state index contributed by atoms with van der Waals surface area (Å²) in [6.45, 7) is 1.11. The van der Waals surface area contributed by atoms with Gasteiger partial charge in [-0.2, -0.15) is 0 Å². The van der Waals surface area contributed by atoms with Gasteiger partial charge >= 0.3 is 0 Å². The Morgan fingerprint density at radius 2 is 1.78 bits per heavy atom. The van der Waals surface area contributed by atoms with Crippen LogP contribution in [0.25, 0.3) is 0 Å². The summed E-state index contributed by atoms with van der Waals surface area (Å²) >= 11 is 0. The van der Waals surface area contributed by atoms with Crippen LogP contribution in [-0.2, 0) is 6.54 Å². The van der Waals surface area contributed by atoms with E-state index >= 15 is 0 Å². The Balaban J connectivity index is 1.84. The number of hydrogen-bond donors (Lipinski definition) is 1. The van der Waals surface area contributed by atoms with Gasteiger partial charge in [-0.25, -0.2) is 0 Å². The minimum absolute atomic E-state index is 0.634. The van der Waals surface area contributed by atoms with Gasteiger partial charge in [-0.05, 0) is 0 Å². The zero-order chi connectivity index (χ0) is 12.6. The number of rotatable bonds is 2. The lowest BCUT2D eigenvalue weighted by Gasteiger charge is -2.44. The third kappa shape index (κ3) is 1.83. The quantitative estimate of drug-likeness (QED) is 0.485. The molecule has 2 saturated heterocycles. The smallest absolute Gasteiger partial charge is 0.105 e. The van der Waals surface area contributed by atoms with Crippen molar-refractivity contribution in [1.82, 2.24) is 0 Å². The SMILES string of the molecule is C[N+]1(Cc2ccccc2)C2CCC1CC(=NO)C2. The summed E-state index contributed by atoms with van der Waals surface area (Å²) < 4.78 is 1.13. The van der Waals surface area contributed by atoms with E-state index in [0.717, 1.165) is 29.6 Å². The Morgan fingerprint density at radius 3 is 2.33 bits per heavy atom. The molecule has 2 aliphatic rings. The van der Waals surface area contributed by atoms with Crippen LogP contribution in [0.3, 0.4) is 0 Å². The van der Waals surface area contributed by atoms with E-state index < -0.39 is 0 Å². The van der Waals surface area contributed by atoms with Crippen molar-refractivity contribution in [1.29, 1.82) is 0 Å². The number of benzene rings is 1. The summed E-state index contributed by atoms with van der Waals surface area (Å²) in [5, 5.41) is 12.5. The zero-order valence-corrected chi connectivity index (χ0v) is 10.9. The van der Waals surface area contributed by atoms with Gasteiger partial charge in [-0.3, -0.25) is 0 Å². The summed E-state index contributed by atoms with van der Waals surface area (Å²) in [7, 11) is 2.38. The van der Waals surface area contributed by atoms with Crippen molar-refractivity contribution in [3.05, 3.63) is 35.9 Å². The normalized spacial score (nSPS) is 34.6. The van der Waals surface area contributed by atoms with Crippen LogP contribution in [-0.4, -0.2) is 34.5 Å². The standard InChI is InChI=1S/C15H20N2O/c1-17(11-12-5-3-2-4-6-12)14-7-8-15(17)10-13(9-14)16-18/h2-6,14-15H,7-11H2,1H3/p+1. The van der Waals surface area contributed by atoms with Crippen LogP contribution in [0.15, 0.2) is 35.5 Å². The average Bonchev–Trinajstić information content (AvgIpc) is 2.58. The Morgan fingerprint density at radius 1 is 1.17 bits per heavy atom. The maximum absolute atomic E-state index is 9.00. The Bertz CT molecular complexity index is 439. The van der Waals surface area contributed by atoms with E-state index in [0.29, 0.717) is 12.1 Å². The molecule has 3 rings (SSSR count). The van der Waals surface area contributed by atoms with Crippen LogP contribution < -0.4 is 0 Å². The predicted octanol–water partition coefficient (Wildman–Crippen LogP) is 2.79. The molecule has 2 fully saturated rings. The molecule has 0 aromatic heterocycles. The molecule has 18 heavy (non-hydrogen) atoms. The van der Waals surface area contributed by atoms with Crippen LogP contribution in [0, 0.1) is 0 Å². The molecule has 2 bridgehead atoms. The van der Waals surface area contributed by atoms with Crippen LogP contribution in [0.2, 0.25) is 0 Å². The molecule has 3 heteroatoms. The van der Waals surface area contributed by atoms with E-state index in [1.54, 1.807) is 0 Å². The first-order valence-electron chi connectivity index (χ1n) is 6.81. The fraction of sp³-hybridized carbons (Fsp3) is 0.533. The number of nitrogens with zero attached hydrogens (tertiary/aromatic N) is 2. The molecule has 2 atom stereocenters. The first kappa shape index (κ1) is 11.7. The highest BCUT2D eigenvalue weighted by Crippen LogP contribution is 2.41. The lowest BCUT2D eigenvalue weighted by Crippen LogP contribution is -2.57. The summed E-state index contributed by atoms with van der Waals surface area (Å²) in [5.74, 6) is 0. The predicted molar refractivity (Wildman–Crippen MR) is 71.6 cm³/mol. The number of quaternary nitrogens is 1. The van der Waals surface area contributed by atoms with Crippen molar-refractivity contribution < 1.29 is 9.69 Å². The molecule has 1 N–H and O–H groups in total. The summed E-state index contributed by atoms with van der Waals surface area (Å²) in [5.41, 5.74) is 2.42. The molecule has 0 aliphatic carbocycles. The van der Waals surface area contributed by atoms with Gasteiger partial charge in [0, 0.05) is 31.2 Å². The highest BCUT2D eigenvalue weighted by atomic mass is 16.4. The fourth-order valence-electron chi connectivity index (χ4n) is 3.84. The third-order valence-electron chi connectivity index (χ3n) is 4.95. The number of piperidine rings is 1. The molecular formula is C15H21N2O+. The second-order valence-corrected chi connectivity index (χ2v) is 5.95. The van der Waals surface area contributed by atoms with Crippen LogP contribution in [0.1, 0.15) is 31.2 Å². The second kappa shape index (κ2) is 4.39. The molecular weight excluding hydrogens is 224 g/mol. The van der Waals surface area contributed by atoms with E-state index in [1.165, 1.54) is 18.4 Å². The summed E-state index contributed by atoms with van der Waals surface area (Å²) in [4.78, 5) is 0. The van der Waals surface area contributed by atoms with Crippen molar-refractivity contribution in [3.63, 3.8) is 0 Å². The van der Waals surface area contributed by atoms with Gasteiger partial charge in [0.2, 0.25) is 0 Å². The Hall–Kier alpha value is -1.35. The highest BCUT2D eigenvalue weighted by Gasteiger charge is 2.50. The van der Waals surface area contributed by atoms with Crippen molar-refractivity contribution in [2.24, 2.45) is 5.16 Å². The van der Waals surface area contributed by atoms with Gasteiger partial charge in [0.15, 0.2) is 0 Å². The number of hydrogen-bond acceptors (Lipinski definition) is 2. The molecule has 2 heterocycles. The van der Waals surface area contributed by atoms with Crippen molar-refractivity contribution in [2.75, 3.05) is 7.05 Å². The van der Waals surface area contributed by atoms with E-state index in [1.807, 2.05) is 0 Å². The molecule has 1 aromatic rings. The van der Waals surface area contributed by atoms with Crippen LogP contribution in [0.4, 0.5) is 0 Å². The maximum Gasteiger partial charge on any atom is 0.105 e. The van der Waals surface area contributed by atoms with Gasteiger partial charge in [0.25, 0.3) is 0 Å². The van der Waals surface area contributed by atoms with E-state index in [4.69, 9.17) is 5.21 Å². The van der Waals surface area contributed by atoms with Gasteiger partial charge in [0.05, 0.1) is 24.8 Å². The molecule has 0 radical (unpaired) electrons. The lowest BCUT2D eigenvalue weighted by molar-refractivity contribution is -0.957. The molecule has 3 nitrogen and oxygen atoms in total. The minimum Gasteiger partial charge on any atom is -0.411 e. The molecule has 2 unspecified atom stereocenters. The van der Waals surface area contributed by atoms with Crippen molar-refractivity contribution in [3.8, 4) is 0 Å². The molecule has 96 valence electrons. The topological polar surface area (TPSA) is 32.6 Å². The number of fused-ring (bicyclic) bond motifs is 2. The highest BCUT2D eigenvalue weighted by molar-refractivity contribution is 5.85. The van der Waals surface area contributed by atoms with Crippen molar-refractivity contribution in [2.45, 2.75) is 44.3 Å². The monoisotopic (exact) mass is 245 g/mol. The molecule has 2 aliphatic heterocycles. The lowest BCUT2D eigenvalue weighted by atomic mass is 9.96. The minimum atomic E-state index is 0.634. The fourth-order valence-corrected chi connectivity index (χ4v) is 3.84. The van der Waals surface area contributed by atoms with Gasteiger partial charge in [0.1, 0.15) is 6.54 Å². The average molecular weight is 245 g/mol. The molecule has 0 amide bonds. The second-order valence-electron chi connectivity index (χ2n) is 5.95. The Kier molecular flexibility index (Phi) is 2.86. The van der Waals surface area contributed by atoms with Gasteiger partial charge in [-0.15, -0.1) is 0 Å². The number of oxime groups is 1. The maximum atomic E-state index is 9.00. The molecule has 1 aromatic carbocycles. The van der Waals surface area contributed by atoms with E-state index in [-0.39, 0.29) is 0 Å². The van der Waals surface area contributed by atoms with E-state index in [9.17, 15) is 0 Å². The largest absolute Gasteiger partial charge is 0.411 e. The molecule has 0 saturated carbocycles. The van der Waals surface area contributed by atoms with Gasteiger partial charge < -0.3 is 9.69 Å². The zero-order valence-electron chi connectivity index (χ0n) is 10.9.